The fraction of sp³-hybridized carbons (Fsp3) is 0.200. The third-order valence-electron chi connectivity index (χ3n) is 2.72. The number of hydrogen-bond acceptors (Lipinski definition) is 4. The van der Waals surface area contributed by atoms with Crippen molar-refractivity contribution in [3.05, 3.63) is 50.6 Å². The van der Waals surface area contributed by atoms with Gasteiger partial charge in [-0.05, 0) is 64.7 Å². The number of thiophene rings is 1. The average molecular weight is 399 g/mol. The fourth-order valence-corrected chi connectivity index (χ4v) is 3.02. The van der Waals surface area contributed by atoms with Crippen LogP contribution in [0.25, 0.3) is 0 Å². The van der Waals surface area contributed by atoms with E-state index in [1.54, 1.807) is 29.5 Å². The molecule has 0 saturated carbocycles. The zero-order chi connectivity index (χ0) is 15.9. The van der Waals surface area contributed by atoms with Gasteiger partial charge in [-0.2, -0.15) is 0 Å². The SMILES string of the molecule is CCOc1ccc(C(=O)NC(=S)NCc2cccs2)cc1Br. The second-order valence-electron chi connectivity index (χ2n) is 4.29. The Labute approximate surface area is 147 Å². The lowest BCUT2D eigenvalue weighted by atomic mass is 10.2. The summed E-state index contributed by atoms with van der Waals surface area (Å²) >= 11 is 10.1. The smallest absolute Gasteiger partial charge is 0.257 e. The van der Waals surface area contributed by atoms with Gasteiger partial charge in [0.25, 0.3) is 5.91 Å². The molecule has 0 aliphatic heterocycles. The van der Waals surface area contributed by atoms with E-state index in [0.29, 0.717) is 29.6 Å². The van der Waals surface area contributed by atoms with Crippen LogP contribution in [0.1, 0.15) is 22.2 Å². The summed E-state index contributed by atoms with van der Waals surface area (Å²) in [6, 6.07) is 9.15. The van der Waals surface area contributed by atoms with E-state index in [1.807, 2.05) is 24.4 Å². The molecule has 7 heteroatoms. The zero-order valence-electron chi connectivity index (χ0n) is 11.9. The Hall–Kier alpha value is -1.44. The minimum atomic E-state index is -0.257. The molecule has 1 aromatic heterocycles. The molecular formula is C15H15BrN2O2S2. The molecule has 0 unspecified atom stereocenters. The van der Waals surface area contributed by atoms with Crippen LogP contribution in [0.2, 0.25) is 0 Å². The topological polar surface area (TPSA) is 50.4 Å². The van der Waals surface area contributed by atoms with Gasteiger partial charge < -0.3 is 10.1 Å². The molecule has 1 amide bonds. The van der Waals surface area contributed by atoms with Crippen LogP contribution in [-0.2, 0) is 6.54 Å². The Morgan fingerprint density at radius 3 is 2.86 bits per heavy atom. The van der Waals surface area contributed by atoms with Gasteiger partial charge in [0, 0.05) is 10.4 Å². The largest absolute Gasteiger partial charge is 0.493 e. The number of carbonyl (C=O) groups excluding carboxylic acids is 1. The maximum absolute atomic E-state index is 12.1. The molecule has 1 aromatic carbocycles. The second kappa shape index (κ2) is 8.26. The first kappa shape index (κ1) is 16.9. The summed E-state index contributed by atoms with van der Waals surface area (Å²) in [6.45, 7) is 3.08. The highest BCUT2D eigenvalue weighted by Crippen LogP contribution is 2.25. The molecule has 116 valence electrons. The highest BCUT2D eigenvalue weighted by molar-refractivity contribution is 9.10. The molecule has 0 fully saturated rings. The number of rotatable bonds is 5. The van der Waals surface area contributed by atoms with Gasteiger partial charge in [0.1, 0.15) is 5.75 Å². The Morgan fingerprint density at radius 1 is 1.41 bits per heavy atom. The van der Waals surface area contributed by atoms with Gasteiger partial charge in [0.2, 0.25) is 0 Å². The first-order chi connectivity index (χ1) is 10.6. The molecule has 0 aliphatic carbocycles. The van der Waals surface area contributed by atoms with Crippen LogP contribution >= 0.6 is 39.5 Å². The first-order valence-corrected chi connectivity index (χ1v) is 8.72. The highest BCUT2D eigenvalue weighted by Gasteiger charge is 2.10. The maximum atomic E-state index is 12.1. The molecule has 2 aromatic rings. The van der Waals surface area contributed by atoms with Gasteiger partial charge in [-0.3, -0.25) is 10.1 Å². The second-order valence-corrected chi connectivity index (χ2v) is 6.59. The summed E-state index contributed by atoms with van der Waals surface area (Å²) in [5, 5.41) is 7.97. The number of amides is 1. The van der Waals surface area contributed by atoms with Crippen molar-refractivity contribution >= 4 is 50.5 Å². The quantitative estimate of drug-likeness (QED) is 0.753. The van der Waals surface area contributed by atoms with Crippen LogP contribution in [0, 0.1) is 0 Å². The van der Waals surface area contributed by atoms with Gasteiger partial charge in [-0.15, -0.1) is 11.3 Å². The van der Waals surface area contributed by atoms with E-state index in [9.17, 15) is 4.79 Å². The number of nitrogens with one attached hydrogen (secondary N) is 2. The number of halogens is 1. The van der Waals surface area contributed by atoms with E-state index < -0.39 is 0 Å². The molecule has 0 radical (unpaired) electrons. The summed E-state index contributed by atoms with van der Waals surface area (Å²) in [5.74, 6) is 0.449. The molecule has 2 N–H and O–H groups in total. The van der Waals surface area contributed by atoms with Gasteiger partial charge in [-0.25, -0.2) is 0 Å². The van der Waals surface area contributed by atoms with Crippen molar-refractivity contribution < 1.29 is 9.53 Å². The van der Waals surface area contributed by atoms with Crippen LogP contribution in [-0.4, -0.2) is 17.6 Å². The van der Waals surface area contributed by atoms with Crippen LogP contribution in [0.5, 0.6) is 5.75 Å². The number of carbonyl (C=O) groups is 1. The van der Waals surface area contributed by atoms with E-state index in [1.165, 1.54) is 0 Å². The monoisotopic (exact) mass is 398 g/mol. The van der Waals surface area contributed by atoms with Gasteiger partial charge in [-0.1, -0.05) is 6.07 Å². The van der Waals surface area contributed by atoms with E-state index in [-0.39, 0.29) is 5.91 Å². The lowest BCUT2D eigenvalue weighted by molar-refractivity contribution is 0.0976. The molecule has 0 saturated heterocycles. The van der Waals surface area contributed by atoms with Gasteiger partial charge >= 0.3 is 0 Å². The van der Waals surface area contributed by atoms with Crippen LogP contribution in [0.3, 0.4) is 0 Å². The van der Waals surface area contributed by atoms with Crippen molar-refractivity contribution in [2.24, 2.45) is 0 Å². The van der Waals surface area contributed by atoms with Crippen molar-refractivity contribution in [1.82, 2.24) is 10.6 Å². The van der Waals surface area contributed by atoms with E-state index in [2.05, 4.69) is 26.6 Å². The highest BCUT2D eigenvalue weighted by atomic mass is 79.9. The van der Waals surface area contributed by atoms with Gasteiger partial charge in [0.05, 0.1) is 17.6 Å². The van der Waals surface area contributed by atoms with E-state index in [0.717, 1.165) is 9.35 Å². The van der Waals surface area contributed by atoms with E-state index >= 15 is 0 Å². The fourth-order valence-electron chi connectivity index (χ4n) is 1.71. The van der Waals surface area contributed by atoms with Crippen molar-refractivity contribution in [2.45, 2.75) is 13.5 Å². The maximum Gasteiger partial charge on any atom is 0.257 e. The Balaban J connectivity index is 1.91. The summed E-state index contributed by atoms with van der Waals surface area (Å²) in [5.41, 5.74) is 0.510. The minimum Gasteiger partial charge on any atom is -0.493 e. The molecule has 0 aliphatic rings. The molecule has 1 heterocycles. The summed E-state index contributed by atoms with van der Waals surface area (Å²) < 4.78 is 6.15. The van der Waals surface area contributed by atoms with Crippen LogP contribution < -0.4 is 15.4 Å². The van der Waals surface area contributed by atoms with Crippen LogP contribution in [0.4, 0.5) is 0 Å². The van der Waals surface area contributed by atoms with E-state index in [4.69, 9.17) is 17.0 Å². The molecule has 22 heavy (non-hydrogen) atoms. The van der Waals surface area contributed by atoms with Crippen molar-refractivity contribution in [3.8, 4) is 5.75 Å². The summed E-state index contributed by atoms with van der Waals surface area (Å²) in [7, 11) is 0. The Morgan fingerprint density at radius 2 is 2.23 bits per heavy atom. The predicted molar refractivity (Wildman–Crippen MR) is 96.5 cm³/mol. The molecule has 0 atom stereocenters. The normalized spacial score (nSPS) is 10.1. The number of hydrogen-bond donors (Lipinski definition) is 2. The lowest BCUT2D eigenvalue weighted by Crippen LogP contribution is -2.38. The lowest BCUT2D eigenvalue weighted by Gasteiger charge is -2.10. The molecular weight excluding hydrogens is 384 g/mol. The number of benzene rings is 1. The predicted octanol–water partition coefficient (Wildman–Crippen LogP) is 3.71. The molecule has 4 nitrogen and oxygen atoms in total. The number of ether oxygens (including phenoxy) is 1. The minimum absolute atomic E-state index is 0.257. The average Bonchev–Trinajstić information content (AvgIpc) is 3.00. The zero-order valence-corrected chi connectivity index (χ0v) is 15.1. The summed E-state index contributed by atoms with van der Waals surface area (Å²) in [6.07, 6.45) is 0. The number of thiocarbonyl (C=S) groups is 1. The van der Waals surface area contributed by atoms with Crippen molar-refractivity contribution in [1.29, 1.82) is 0 Å². The standard InChI is InChI=1S/C15H15BrN2O2S2/c1-2-20-13-6-5-10(8-12(13)16)14(19)18-15(21)17-9-11-4-3-7-22-11/h3-8H,2,9H2,1H3,(H2,17,18,19,21). The molecule has 0 spiro atoms. The van der Waals surface area contributed by atoms with Crippen molar-refractivity contribution in [2.75, 3.05) is 6.61 Å². The third-order valence-corrected chi connectivity index (χ3v) is 4.47. The third kappa shape index (κ3) is 4.79. The van der Waals surface area contributed by atoms with Gasteiger partial charge in [0.15, 0.2) is 5.11 Å². The molecule has 2 rings (SSSR count). The van der Waals surface area contributed by atoms with Crippen LogP contribution in [0.15, 0.2) is 40.2 Å². The summed E-state index contributed by atoms with van der Waals surface area (Å²) in [4.78, 5) is 13.3. The Kier molecular flexibility index (Phi) is 6.35. The molecule has 0 bridgehead atoms. The Bertz CT molecular complexity index is 660. The first-order valence-electron chi connectivity index (χ1n) is 6.64. The van der Waals surface area contributed by atoms with Crippen molar-refractivity contribution in [3.63, 3.8) is 0 Å².